The molecule has 0 aliphatic rings. The highest BCUT2D eigenvalue weighted by Gasteiger charge is 2.18. The second-order valence-corrected chi connectivity index (χ2v) is 11.9. The number of hydrogen-bond donors (Lipinski definition) is 0. The molecule has 0 bridgehead atoms. The molecule has 0 saturated heterocycles. The molecular formula is C44H28N4O. The zero-order chi connectivity index (χ0) is 32.6. The fourth-order valence-electron chi connectivity index (χ4n) is 6.29. The first-order chi connectivity index (χ1) is 24.3. The van der Waals surface area contributed by atoms with E-state index in [-0.39, 0.29) is 0 Å². The first-order valence-electron chi connectivity index (χ1n) is 16.2. The van der Waals surface area contributed by atoms with Gasteiger partial charge in [-0.2, -0.15) is 0 Å². The Kier molecular flexibility index (Phi) is 7.06. The molecule has 0 radical (unpaired) electrons. The molecule has 3 heterocycles. The summed E-state index contributed by atoms with van der Waals surface area (Å²) in [7, 11) is 0. The summed E-state index contributed by atoms with van der Waals surface area (Å²) in [6, 6.07) is 57.3. The summed E-state index contributed by atoms with van der Waals surface area (Å²) in [6.45, 7) is 0. The molecule has 0 amide bonds. The second kappa shape index (κ2) is 12.1. The van der Waals surface area contributed by atoms with Crippen LogP contribution in [0.5, 0.6) is 0 Å². The number of furan rings is 1. The number of benzene rings is 6. The maximum absolute atomic E-state index is 6.72. The average molecular weight is 629 g/mol. The van der Waals surface area contributed by atoms with Crippen molar-refractivity contribution in [2.24, 2.45) is 0 Å². The molecule has 5 heteroatoms. The van der Waals surface area contributed by atoms with Crippen LogP contribution < -0.4 is 0 Å². The van der Waals surface area contributed by atoms with Gasteiger partial charge in [-0.1, -0.05) is 140 Å². The minimum atomic E-state index is 0.666. The smallest absolute Gasteiger partial charge is 0.160 e. The van der Waals surface area contributed by atoms with Crippen molar-refractivity contribution in [1.82, 2.24) is 19.9 Å². The highest BCUT2D eigenvalue weighted by Crippen LogP contribution is 2.38. The first-order valence-corrected chi connectivity index (χ1v) is 16.2. The van der Waals surface area contributed by atoms with Gasteiger partial charge >= 0.3 is 0 Å². The Balaban J connectivity index is 1.20. The van der Waals surface area contributed by atoms with Crippen molar-refractivity contribution in [3.8, 4) is 67.8 Å². The molecule has 0 aliphatic heterocycles. The summed E-state index contributed by atoms with van der Waals surface area (Å²) < 4.78 is 6.72. The maximum Gasteiger partial charge on any atom is 0.160 e. The molecular weight excluding hydrogens is 601 g/mol. The van der Waals surface area contributed by atoms with Gasteiger partial charge in [0.05, 0.1) is 22.8 Å². The van der Waals surface area contributed by atoms with E-state index in [1.54, 1.807) is 0 Å². The average Bonchev–Trinajstić information content (AvgIpc) is 3.57. The zero-order valence-corrected chi connectivity index (χ0v) is 26.4. The van der Waals surface area contributed by atoms with E-state index in [1.165, 1.54) is 0 Å². The van der Waals surface area contributed by atoms with Crippen LogP contribution in [-0.2, 0) is 0 Å². The van der Waals surface area contributed by atoms with E-state index in [9.17, 15) is 0 Å². The maximum atomic E-state index is 6.72. The predicted molar refractivity (Wildman–Crippen MR) is 198 cm³/mol. The Morgan fingerprint density at radius 1 is 0.327 bits per heavy atom. The first kappa shape index (κ1) is 28.5. The van der Waals surface area contributed by atoms with Crippen molar-refractivity contribution in [1.29, 1.82) is 0 Å². The standard InChI is InChI=1S/C44H28N4O/c1-5-14-29(15-6-1)37-27-39(47-43(45-37)31-18-9-3-10-19-31)33-24-25-34-35-22-13-23-36(42(35)49-41(34)26-33)40-28-38(30-16-7-2-8-17-30)46-44(48-40)32-20-11-4-12-21-32/h1-28H. The van der Waals surface area contributed by atoms with E-state index in [2.05, 4.69) is 60.7 Å². The van der Waals surface area contributed by atoms with Gasteiger partial charge in [0.2, 0.25) is 0 Å². The van der Waals surface area contributed by atoms with Gasteiger partial charge in [-0.05, 0) is 30.3 Å². The van der Waals surface area contributed by atoms with Crippen LogP contribution >= 0.6 is 0 Å². The lowest BCUT2D eigenvalue weighted by Gasteiger charge is -2.09. The molecule has 0 saturated carbocycles. The molecule has 3 aromatic heterocycles. The van der Waals surface area contributed by atoms with Gasteiger partial charge in [0, 0.05) is 44.2 Å². The van der Waals surface area contributed by atoms with E-state index in [0.29, 0.717) is 11.6 Å². The highest BCUT2D eigenvalue weighted by molar-refractivity contribution is 6.10. The van der Waals surface area contributed by atoms with Crippen LogP contribution in [0.1, 0.15) is 0 Å². The van der Waals surface area contributed by atoms with Crippen LogP contribution in [0.4, 0.5) is 0 Å². The summed E-state index contributed by atoms with van der Waals surface area (Å²) in [5, 5.41) is 2.06. The number of para-hydroxylation sites is 1. The Bertz CT molecular complexity index is 2470. The van der Waals surface area contributed by atoms with Gasteiger partial charge in [-0.15, -0.1) is 0 Å². The van der Waals surface area contributed by atoms with E-state index in [4.69, 9.17) is 24.4 Å². The third-order valence-corrected chi connectivity index (χ3v) is 8.73. The minimum Gasteiger partial charge on any atom is -0.455 e. The Labute approximate surface area is 283 Å². The number of rotatable bonds is 6. The van der Waals surface area contributed by atoms with Gasteiger partial charge in [-0.3, -0.25) is 0 Å². The van der Waals surface area contributed by atoms with E-state index in [0.717, 1.165) is 78.1 Å². The van der Waals surface area contributed by atoms with Crippen LogP contribution in [0.25, 0.3) is 89.7 Å². The van der Waals surface area contributed by atoms with E-state index >= 15 is 0 Å². The van der Waals surface area contributed by atoms with Crippen molar-refractivity contribution in [2.75, 3.05) is 0 Å². The van der Waals surface area contributed by atoms with Crippen molar-refractivity contribution < 1.29 is 4.42 Å². The summed E-state index contributed by atoms with van der Waals surface area (Å²) in [5.41, 5.74) is 10.7. The topological polar surface area (TPSA) is 64.7 Å². The lowest BCUT2D eigenvalue weighted by Crippen LogP contribution is -1.96. The van der Waals surface area contributed by atoms with Crippen molar-refractivity contribution in [2.45, 2.75) is 0 Å². The molecule has 5 nitrogen and oxygen atoms in total. The highest BCUT2D eigenvalue weighted by atomic mass is 16.3. The van der Waals surface area contributed by atoms with Gasteiger partial charge < -0.3 is 4.42 Å². The van der Waals surface area contributed by atoms with Crippen LogP contribution in [0.2, 0.25) is 0 Å². The molecule has 0 spiro atoms. The normalized spacial score (nSPS) is 11.3. The molecule has 9 aromatic rings. The molecule has 0 atom stereocenters. The second-order valence-electron chi connectivity index (χ2n) is 11.9. The number of fused-ring (bicyclic) bond motifs is 3. The molecule has 0 unspecified atom stereocenters. The minimum absolute atomic E-state index is 0.666. The molecule has 0 fully saturated rings. The van der Waals surface area contributed by atoms with Gasteiger partial charge in [0.15, 0.2) is 11.6 Å². The molecule has 9 rings (SSSR count). The van der Waals surface area contributed by atoms with Gasteiger partial charge in [0.25, 0.3) is 0 Å². The molecule has 6 aromatic carbocycles. The Morgan fingerprint density at radius 2 is 0.796 bits per heavy atom. The van der Waals surface area contributed by atoms with Crippen LogP contribution in [0.3, 0.4) is 0 Å². The van der Waals surface area contributed by atoms with Gasteiger partial charge in [0.1, 0.15) is 11.2 Å². The molecule has 0 N–H and O–H groups in total. The quantitative estimate of drug-likeness (QED) is 0.183. The fourth-order valence-corrected chi connectivity index (χ4v) is 6.29. The van der Waals surface area contributed by atoms with Crippen LogP contribution in [0.15, 0.2) is 174 Å². The van der Waals surface area contributed by atoms with Crippen LogP contribution in [-0.4, -0.2) is 19.9 Å². The molecule has 0 aliphatic carbocycles. The van der Waals surface area contributed by atoms with Crippen molar-refractivity contribution in [3.05, 3.63) is 170 Å². The Hall–Kier alpha value is -6.72. The summed E-state index contributed by atoms with van der Waals surface area (Å²) >= 11 is 0. The van der Waals surface area contributed by atoms with E-state index < -0.39 is 0 Å². The van der Waals surface area contributed by atoms with Crippen molar-refractivity contribution >= 4 is 21.9 Å². The lowest BCUT2D eigenvalue weighted by atomic mass is 10.0. The monoisotopic (exact) mass is 628 g/mol. The van der Waals surface area contributed by atoms with Crippen LogP contribution in [0, 0.1) is 0 Å². The Morgan fingerprint density at radius 3 is 1.35 bits per heavy atom. The SMILES string of the molecule is c1ccc(-c2cc(-c3ccc4c(c3)oc3c(-c5cc(-c6ccccc6)nc(-c6ccccc6)n5)cccc34)nc(-c3ccccc3)n2)cc1. The molecule has 230 valence electrons. The number of nitrogens with zero attached hydrogens (tertiary/aromatic N) is 4. The number of aromatic nitrogens is 4. The predicted octanol–water partition coefficient (Wildman–Crippen LogP) is 11.2. The number of hydrogen-bond acceptors (Lipinski definition) is 5. The third-order valence-electron chi connectivity index (χ3n) is 8.73. The molecule has 49 heavy (non-hydrogen) atoms. The van der Waals surface area contributed by atoms with Crippen molar-refractivity contribution in [3.63, 3.8) is 0 Å². The lowest BCUT2D eigenvalue weighted by molar-refractivity contribution is 0.670. The third kappa shape index (κ3) is 5.43. The largest absolute Gasteiger partial charge is 0.455 e. The van der Waals surface area contributed by atoms with E-state index in [1.807, 2.05) is 109 Å². The zero-order valence-electron chi connectivity index (χ0n) is 26.4. The summed E-state index contributed by atoms with van der Waals surface area (Å²) in [6.07, 6.45) is 0. The summed E-state index contributed by atoms with van der Waals surface area (Å²) in [5.74, 6) is 1.34. The van der Waals surface area contributed by atoms with Gasteiger partial charge in [-0.25, -0.2) is 19.9 Å². The fraction of sp³-hybridized carbons (Fsp3) is 0. The summed E-state index contributed by atoms with van der Waals surface area (Å²) in [4.78, 5) is 20.0.